The van der Waals surface area contributed by atoms with Crippen LogP contribution in [0.5, 0.6) is 0 Å². The van der Waals surface area contributed by atoms with Gasteiger partial charge in [0.05, 0.1) is 0 Å². The van der Waals surface area contributed by atoms with Crippen LogP contribution in [0.3, 0.4) is 0 Å². The van der Waals surface area contributed by atoms with E-state index in [-0.39, 0.29) is 5.41 Å². The smallest absolute Gasteiger partial charge is 0.119 e. The fraction of sp³-hybridized carbons (Fsp3) is 1.00. The van der Waals surface area contributed by atoms with E-state index >= 15 is 0 Å². The number of alkyl halides is 1. The highest BCUT2D eigenvalue weighted by Crippen LogP contribution is 2.65. The quantitative estimate of drug-likeness (QED) is 0.505. The molecule has 0 N–H and O–H groups in total. The van der Waals surface area contributed by atoms with Crippen LogP contribution in [0.1, 0.15) is 40.0 Å². The van der Waals surface area contributed by atoms with Crippen LogP contribution in [-0.2, 0) is 0 Å². The molecule has 11 heavy (non-hydrogen) atoms. The van der Waals surface area contributed by atoms with E-state index < -0.39 is 5.67 Å². The molecule has 3 rings (SSSR count). The van der Waals surface area contributed by atoms with Gasteiger partial charge >= 0.3 is 0 Å². The number of halogens is 1. The number of hydrogen-bond acceptors (Lipinski definition) is 0. The van der Waals surface area contributed by atoms with Gasteiger partial charge in [0.15, 0.2) is 0 Å². The Morgan fingerprint density at radius 1 is 1.27 bits per heavy atom. The van der Waals surface area contributed by atoms with E-state index in [4.69, 9.17) is 0 Å². The van der Waals surface area contributed by atoms with Gasteiger partial charge in [-0.3, -0.25) is 0 Å². The lowest BCUT2D eigenvalue weighted by atomic mass is 9.44. The van der Waals surface area contributed by atoms with E-state index in [1.165, 1.54) is 6.42 Å². The van der Waals surface area contributed by atoms with Crippen molar-refractivity contribution in [3.05, 3.63) is 0 Å². The van der Waals surface area contributed by atoms with Crippen LogP contribution >= 0.6 is 0 Å². The summed E-state index contributed by atoms with van der Waals surface area (Å²) in [5.74, 6) is 0.964. The van der Waals surface area contributed by atoms with Gasteiger partial charge < -0.3 is 0 Å². The maximum atomic E-state index is 14.1. The van der Waals surface area contributed by atoms with Crippen LogP contribution < -0.4 is 0 Å². The molecule has 0 amide bonds. The predicted octanol–water partition coefficient (Wildman–Crippen LogP) is 3.17. The molecule has 0 aromatic carbocycles. The summed E-state index contributed by atoms with van der Waals surface area (Å²) in [6.07, 6.45) is 3.19. The van der Waals surface area contributed by atoms with Crippen molar-refractivity contribution < 1.29 is 4.39 Å². The molecule has 0 spiro atoms. The number of rotatable bonds is 0. The van der Waals surface area contributed by atoms with Gasteiger partial charge in [-0.1, -0.05) is 20.8 Å². The lowest BCUT2D eigenvalue weighted by molar-refractivity contribution is -0.205. The Morgan fingerprint density at radius 3 is 2.27 bits per heavy atom. The fourth-order valence-corrected chi connectivity index (χ4v) is 3.06. The van der Waals surface area contributed by atoms with Crippen molar-refractivity contribution in [1.82, 2.24) is 0 Å². The maximum Gasteiger partial charge on any atom is 0.119 e. The van der Waals surface area contributed by atoms with Crippen LogP contribution in [0.2, 0.25) is 0 Å². The average molecular weight is 156 g/mol. The SMILES string of the molecule is CC1CCC2CC1(F)C2(C)C. The third-order valence-corrected chi connectivity index (χ3v) is 4.36. The van der Waals surface area contributed by atoms with E-state index in [1.54, 1.807) is 0 Å². The maximum absolute atomic E-state index is 14.1. The van der Waals surface area contributed by atoms with E-state index in [0.29, 0.717) is 11.8 Å². The first kappa shape index (κ1) is 7.57. The summed E-state index contributed by atoms with van der Waals surface area (Å²) in [5, 5.41) is 0. The molecule has 3 aliphatic carbocycles. The van der Waals surface area contributed by atoms with Crippen molar-refractivity contribution in [1.29, 1.82) is 0 Å². The Hall–Kier alpha value is -0.0700. The summed E-state index contributed by atoms with van der Waals surface area (Å²) >= 11 is 0. The molecule has 1 heteroatoms. The topological polar surface area (TPSA) is 0 Å². The second-order valence-corrected chi connectivity index (χ2v) is 4.96. The Bertz CT molecular complexity index is 185. The Kier molecular flexibility index (Phi) is 1.24. The second-order valence-electron chi connectivity index (χ2n) is 4.96. The Morgan fingerprint density at radius 2 is 1.91 bits per heavy atom. The standard InChI is InChI=1S/C10H17F/c1-7-4-5-8-6-10(7,11)9(8,2)3/h7-8H,4-6H2,1-3H3. The normalized spacial score (nSPS) is 53.5. The zero-order valence-corrected chi connectivity index (χ0v) is 7.65. The summed E-state index contributed by atoms with van der Waals surface area (Å²) in [6.45, 7) is 6.25. The molecule has 3 fully saturated rings. The third kappa shape index (κ3) is 0.653. The van der Waals surface area contributed by atoms with Gasteiger partial charge in [0, 0.05) is 5.41 Å². The van der Waals surface area contributed by atoms with Crippen molar-refractivity contribution in [2.45, 2.75) is 45.7 Å². The summed E-state index contributed by atoms with van der Waals surface area (Å²) in [4.78, 5) is 0. The lowest BCUT2D eigenvalue weighted by Gasteiger charge is -2.63. The first-order valence-electron chi connectivity index (χ1n) is 4.67. The van der Waals surface area contributed by atoms with E-state index in [9.17, 15) is 4.39 Å². The Balaban J connectivity index is 2.28. The monoisotopic (exact) mass is 156 g/mol. The average Bonchev–Trinajstić information content (AvgIpc) is 1.94. The molecule has 0 radical (unpaired) electrons. The Labute approximate surface area is 68.2 Å². The predicted molar refractivity (Wildman–Crippen MR) is 44.1 cm³/mol. The van der Waals surface area contributed by atoms with Crippen molar-refractivity contribution in [3.8, 4) is 0 Å². The lowest BCUT2D eigenvalue weighted by Crippen LogP contribution is -2.64. The molecule has 0 saturated heterocycles. The van der Waals surface area contributed by atoms with Crippen LogP contribution in [0, 0.1) is 17.3 Å². The van der Waals surface area contributed by atoms with Gasteiger partial charge in [-0.2, -0.15) is 0 Å². The summed E-state index contributed by atoms with van der Waals surface area (Å²) in [5.41, 5.74) is -0.847. The van der Waals surface area contributed by atoms with Crippen LogP contribution in [-0.4, -0.2) is 5.67 Å². The van der Waals surface area contributed by atoms with Crippen molar-refractivity contribution in [2.24, 2.45) is 17.3 Å². The molecule has 3 aliphatic rings. The van der Waals surface area contributed by atoms with Crippen LogP contribution in [0.25, 0.3) is 0 Å². The summed E-state index contributed by atoms with van der Waals surface area (Å²) in [7, 11) is 0. The van der Waals surface area contributed by atoms with Gasteiger partial charge in [0.2, 0.25) is 0 Å². The molecule has 0 aromatic heterocycles. The summed E-state index contributed by atoms with van der Waals surface area (Å²) in [6, 6.07) is 0. The minimum absolute atomic E-state index is 0.0231. The highest BCUT2D eigenvalue weighted by atomic mass is 19.1. The molecule has 2 bridgehead atoms. The highest BCUT2D eigenvalue weighted by Gasteiger charge is 2.65. The minimum Gasteiger partial charge on any atom is -0.243 e. The van der Waals surface area contributed by atoms with Gasteiger partial charge in [0.25, 0.3) is 0 Å². The van der Waals surface area contributed by atoms with Gasteiger partial charge in [-0.25, -0.2) is 4.39 Å². The third-order valence-electron chi connectivity index (χ3n) is 4.36. The number of fused-ring (bicyclic) bond motifs is 2. The zero-order chi connectivity index (χ0) is 8.28. The molecule has 0 heterocycles. The van der Waals surface area contributed by atoms with Gasteiger partial charge in [-0.15, -0.1) is 0 Å². The minimum atomic E-state index is -0.823. The molecule has 3 saturated carbocycles. The fourth-order valence-electron chi connectivity index (χ4n) is 3.06. The first-order valence-corrected chi connectivity index (χ1v) is 4.67. The highest BCUT2D eigenvalue weighted by molar-refractivity contribution is 5.14. The van der Waals surface area contributed by atoms with Gasteiger partial charge in [-0.05, 0) is 31.1 Å². The largest absolute Gasteiger partial charge is 0.243 e. The molecule has 0 nitrogen and oxygen atoms in total. The molecule has 64 valence electrons. The second kappa shape index (κ2) is 1.81. The molecular weight excluding hydrogens is 139 g/mol. The molecular formula is C10H17F. The van der Waals surface area contributed by atoms with Crippen molar-refractivity contribution >= 4 is 0 Å². The van der Waals surface area contributed by atoms with Crippen LogP contribution in [0.15, 0.2) is 0 Å². The molecule has 3 atom stereocenters. The molecule has 0 aromatic rings. The van der Waals surface area contributed by atoms with E-state index in [0.717, 1.165) is 12.8 Å². The molecule has 3 unspecified atom stereocenters. The van der Waals surface area contributed by atoms with E-state index in [2.05, 4.69) is 20.8 Å². The first-order chi connectivity index (χ1) is 4.98. The van der Waals surface area contributed by atoms with Crippen molar-refractivity contribution in [2.75, 3.05) is 0 Å². The van der Waals surface area contributed by atoms with Crippen LogP contribution in [0.4, 0.5) is 4.39 Å². The number of hydrogen-bond donors (Lipinski definition) is 0. The summed E-state index contributed by atoms with van der Waals surface area (Å²) < 4.78 is 14.1. The van der Waals surface area contributed by atoms with Crippen molar-refractivity contribution in [3.63, 3.8) is 0 Å². The van der Waals surface area contributed by atoms with E-state index in [1.807, 2.05) is 0 Å². The molecule has 0 aliphatic heterocycles. The van der Waals surface area contributed by atoms with Gasteiger partial charge in [0.1, 0.15) is 5.67 Å². The zero-order valence-electron chi connectivity index (χ0n) is 7.65.